The summed E-state index contributed by atoms with van der Waals surface area (Å²) in [5.74, 6) is -0.177. The summed E-state index contributed by atoms with van der Waals surface area (Å²) in [6, 6.07) is 15.9. The number of rotatable bonds is 3. The van der Waals surface area contributed by atoms with Gasteiger partial charge in [0.1, 0.15) is 0 Å². The van der Waals surface area contributed by atoms with Crippen molar-refractivity contribution in [3.63, 3.8) is 0 Å². The van der Waals surface area contributed by atoms with Crippen LogP contribution in [0.4, 0.5) is 5.69 Å². The SMILES string of the molecule is O=C(c1ccccc1)c1ccc2c3c(ccc([N+](=O)[O-])c13)CC2. The molecule has 0 atom stereocenters. The van der Waals surface area contributed by atoms with Crippen molar-refractivity contribution in [2.45, 2.75) is 12.8 Å². The van der Waals surface area contributed by atoms with Crippen LogP contribution in [0, 0.1) is 10.1 Å². The molecule has 4 nitrogen and oxygen atoms in total. The zero-order valence-electron chi connectivity index (χ0n) is 12.3. The molecular weight excluding hydrogens is 290 g/mol. The highest BCUT2D eigenvalue weighted by Gasteiger charge is 2.26. The number of nitrogens with zero attached hydrogens (tertiary/aromatic N) is 1. The maximum absolute atomic E-state index is 12.9. The molecule has 1 aliphatic rings. The van der Waals surface area contributed by atoms with Gasteiger partial charge in [-0.1, -0.05) is 42.5 Å². The Morgan fingerprint density at radius 2 is 1.52 bits per heavy atom. The molecule has 0 aromatic heterocycles. The van der Waals surface area contributed by atoms with E-state index in [-0.39, 0.29) is 11.5 Å². The fourth-order valence-electron chi connectivity index (χ4n) is 3.40. The average molecular weight is 303 g/mol. The minimum Gasteiger partial charge on any atom is -0.289 e. The summed E-state index contributed by atoms with van der Waals surface area (Å²) in [6.07, 6.45) is 1.74. The van der Waals surface area contributed by atoms with E-state index >= 15 is 0 Å². The van der Waals surface area contributed by atoms with E-state index < -0.39 is 4.92 Å². The van der Waals surface area contributed by atoms with E-state index in [0.29, 0.717) is 16.5 Å². The molecule has 0 radical (unpaired) electrons. The highest BCUT2D eigenvalue weighted by molar-refractivity contribution is 6.19. The van der Waals surface area contributed by atoms with Crippen LogP contribution in [-0.2, 0) is 12.8 Å². The molecule has 23 heavy (non-hydrogen) atoms. The molecule has 0 saturated heterocycles. The van der Waals surface area contributed by atoms with Crippen LogP contribution in [0.2, 0.25) is 0 Å². The van der Waals surface area contributed by atoms with Gasteiger partial charge in [0, 0.05) is 17.2 Å². The van der Waals surface area contributed by atoms with Crippen molar-refractivity contribution in [3.8, 4) is 0 Å². The van der Waals surface area contributed by atoms with Crippen molar-refractivity contribution in [2.75, 3.05) is 0 Å². The van der Waals surface area contributed by atoms with Gasteiger partial charge in [0.15, 0.2) is 5.78 Å². The van der Waals surface area contributed by atoms with Gasteiger partial charge in [-0.15, -0.1) is 0 Å². The van der Waals surface area contributed by atoms with E-state index in [1.165, 1.54) is 6.07 Å². The minimum absolute atomic E-state index is 0.00628. The summed E-state index contributed by atoms with van der Waals surface area (Å²) < 4.78 is 0. The smallest absolute Gasteiger partial charge is 0.277 e. The lowest BCUT2D eigenvalue weighted by Gasteiger charge is -2.09. The highest BCUT2D eigenvalue weighted by Crippen LogP contribution is 2.38. The quantitative estimate of drug-likeness (QED) is 0.416. The molecule has 0 N–H and O–H groups in total. The normalized spacial score (nSPS) is 12.5. The van der Waals surface area contributed by atoms with Gasteiger partial charge in [-0.25, -0.2) is 0 Å². The maximum atomic E-state index is 12.9. The van der Waals surface area contributed by atoms with Crippen LogP contribution >= 0.6 is 0 Å². The molecule has 4 rings (SSSR count). The van der Waals surface area contributed by atoms with E-state index in [9.17, 15) is 14.9 Å². The van der Waals surface area contributed by atoms with Crippen molar-refractivity contribution in [1.29, 1.82) is 0 Å². The predicted molar refractivity (Wildman–Crippen MR) is 87.9 cm³/mol. The molecule has 1 aliphatic carbocycles. The minimum atomic E-state index is -0.400. The molecule has 0 unspecified atom stereocenters. The summed E-state index contributed by atoms with van der Waals surface area (Å²) in [6.45, 7) is 0. The molecule has 0 spiro atoms. The van der Waals surface area contributed by atoms with Gasteiger partial charge in [-0.05, 0) is 35.4 Å². The fraction of sp³-hybridized carbons (Fsp3) is 0.105. The Bertz CT molecular complexity index is 951. The summed E-state index contributed by atoms with van der Waals surface area (Å²) in [5.41, 5.74) is 3.13. The van der Waals surface area contributed by atoms with E-state index in [1.807, 2.05) is 18.2 Å². The summed E-state index contributed by atoms with van der Waals surface area (Å²) in [4.78, 5) is 23.9. The Hall–Kier alpha value is -3.01. The van der Waals surface area contributed by atoms with Gasteiger partial charge in [-0.3, -0.25) is 14.9 Å². The standard InChI is InChI=1S/C19H13NO3/c21-19(14-4-2-1-3-5-14)15-10-8-12-6-7-13-9-11-16(20(22)23)18(15)17(12)13/h1-5,8-11H,6-7H2. The Balaban J connectivity index is 2.05. The van der Waals surface area contributed by atoms with E-state index in [2.05, 4.69) is 0 Å². The number of ketones is 1. The third-order valence-corrected chi connectivity index (χ3v) is 4.45. The number of hydrogen-bond donors (Lipinski definition) is 0. The first-order valence-electron chi connectivity index (χ1n) is 7.48. The number of carbonyl (C=O) groups is 1. The van der Waals surface area contributed by atoms with Crippen LogP contribution in [0.5, 0.6) is 0 Å². The fourth-order valence-corrected chi connectivity index (χ4v) is 3.40. The van der Waals surface area contributed by atoms with E-state index in [1.54, 1.807) is 30.3 Å². The first kappa shape index (κ1) is 13.6. The molecule has 0 amide bonds. The molecule has 112 valence electrons. The number of non-ortho nitro benzene ring substituents is 1. The van der Waals surface area contributed by atoms with Crippen LogP contribution in [-0.4, -0.2) is 10.7 Å². The lowest BCUT2D eigenvalue weighted by Crippen LogP contribution is -2.04. The third-order valence-electron chi connectivity index (χ3n) is 4.45. The molecule has 4 heteroatoms. The molecule has 0 saturated carbocycles. The van der Waals surface area contributed by atoms with Gasteiger partial charge in [0.25, 0.3) is 5.69 Å². The average Bonchev–Trinajstić information content (AvgIpc) is 3.00. The van der Waals surface area contributed by atoms with E-state index in [0.717, 1.165) is 29.4 Å². The zero-order valence-corrected chi connectivity index (χ0v) is 12.3. The lowest BCUT2D eigenvalue weighted by molar-refractivity contribution is -0.383. The topological polar surface area (TPSA) is 60.2 Å². The predicted octanol–water partition coefficient (Wildman–Crippen LogP) is 4.08. The zero-order chi connectivity index (χ0) is 16.0. The second-order valence-corrected chi connectivity index (χ2v) is 5.72. The first-order chi connectivity index (χ1) is 11.2. The van der Waals surface area contributed by atoms with Crippen molar-refractivity contribution in [2.24, 2.45) is 0 Å². The third kappa shape index (κ3) is 2.03. The summed E-state index contributed by atoms with van der Waals surface area (Å²) in [5, 5.41) is 12.8. The second kappa shape index (κ2) is 5.02. The molecule has 0 heterocycles. The Kier molecular flexibility index (Phi) is 2.98. The van der Waals surface area contributed by atoms with Gasteiger partial charge in [-0.2, -0.15) is 0 Å². The molecule has 0 bridgehead atoms. The van der Waals surface area contributed by atoms with Crippen LogP contribution in [0.15, 0.2) is 54.6 Å². The van der Waals surface area contributed by atoms with Crippen molar-refractivity contribution in [3.05, 3.63) is 87.0 Å². The van der Waals surface area contributed by atoms with Gasteiger partial charge < -0.3 is 0 Å². The Morgan fingerprint density at radius 1 is 0.870 bits per heavy atom. The molecular formula is C19H13NO3. The molecule has 3 aromatic rings. The van der Waals surface area contributed by atoms with Gasteiger partial charge in [0.05, 0.1) is 10.3 Å². The largest absolute Gasteiger partial charge is 0.289 e. The van der Waals surface area contributed by atoms with Crippen LogP contribution in [0.25, 0.3) is 10.8 Å². The van der Waals surface area contributed by atoms with E-state index in [4.69, 9.17) is 0 Å². The summed E-state index contributed by atoms with van der Waals surface area (Å²) in [7, 11) is 0. The number of aryl methyl sites for hydroxylation is 2. The monoisotopic (exact) mass is 303 g/mol. The highest BCUT2D eigenvalue weighted by atomic mass is 16.6. The summed E-state index contributed by atoms with van der Waals surface area (Å²) >= 11 is 0. The number of nitro groups is 1. The van der Waals surface area contributed by atoms with Crippen LogP contribution in [0.1, 0.15) is 27.0 Å². The number of hydrogen-bond acceptors (Lipinski definition) is 3. The number of benzene rings is 3. The molecule has 0 fully saturated rings. The van der Waals surface area contributed by atoms with Crippen molar-refractivity contribution in [1.82, 2.24) is 0 Å². The molecule has 3 aromatic carbocycles. The Labute approximate surface area is 132 Å². The maximum Gasteiger partial charge on any atom is 0.277 e. The number of carbonyl (C=O) groups excluding carboxylic acids is 1. The number of nitro benzene ring substituents is 1. The van der Waals surface area contributed by atoms with Crippen molar-refractivity contribution < 1.29 is 9.72 Å². The van der Waals surface area contributed by atoms with Gasteiger partial charge >= 0.3 is 0 Å². The van der Waals surface area contributed by atoms with Crippen LogP contribution in [0.3, 0.4) is 0 Å². The Morgan fingerprint density at radius 3 is 2.17 bits per heavy atom. The molecule has 0 aliphatic heterocycles. The van der Waals surface area contributed by atoms with Crippen molar-refractivity contribution >= 4 is 22.2 Å². The van der Waals surface area contributed by atoms with Crippen LogP contribution < -0.4 is 0 Å². The van der Waals surface area contributed by atoms with Gasteiger partial charge in [0.2, 0.25) is 0 Å². The first-order valence-corrected chi connectivity index (χ1v) is 7.48. The lowest BCUT2D eigenvalue weighted by atomic mass is 9.93. The second-order valence-electron chi connectivity index (χ2n) is 5.72.